The fraction of sp³-hybridized carbons (Fsp3) is 0.214. The molecule has 2 aromatic rings. The lowest BCUT2D eigenvalue weighted by molar-refractivity contribution is 0.721. The van der Waals surface area contributed by atoms with E-state index in [4.69, 9.17) is 5.73 Å². The van der Waals surface area contributed by atoms with Gasteiger partial charge in [-0.3, -0.25) is 4.98 Å². The number of nitrogens with two attached hydrogens (primary N) is 1. The predicted octanol–water partition coefficient (Wildman–Crippen LogP) is 4.02. The molecule has 0 fully saturated rings. The molecule has 0 aliphatic rings. The molecule has 1 aromatic carbocycles. The topological polar surface area (TPSA) is 38.9 Å². The molecule has 0 bridgehead atoms. The van der Waals surface area contributed by atoms with E-state index in [1.165, 1.54) is 10.5 Å². The molecule has 2 nitrogen and oxygen atoms in total. The summed E-state index contributed by atoms with van der Waals surface area (Å²) in [5.74, 6) is 0. The van der Waals surface area contributed by atoms with Crippen molar-refractivity contribution in [3.63, 3.8) is 0 Å². The standard InChI is InChI=1S/C14H15BrN2S/c1-10(16)14(11-2-4-12(15)5-3-11)18-13-6-8-17-9-7-13/h2-10,14H,16H2,1H3. The van der Waals surface area contributed by atoms with Gasteiger partial charge >= 0.3 is 0 Å². The summed E-state index contributed by atoms with van der Waals surface area (Å²) in [6.07, 6.45) is 3.62. The van der Waals surface area contributed by atoms with Gasteiger partial charge < -0.3 is 5.73 Å². The van der Waals surface area contributed by atoms with E-state index in [1.807, 2.05) is 31.5 Å². The number of benzene rings is 1. The first kappa shape index (κ1) is 13.6. The second kappa shape index (κ2) is 6.36. The number of thioether (sulfide) groups is 1. The molecule has 2 rings (SSSR count). The smallest absolute Gasteiger partial charge is 0.0492 e. The maximum atomic E-state index is 6.11. The second-order valence-corrected chi connectivity index (χ2v) is 6.26. The fourth-order valence-corrected chi connectivity index (χ4v) is 3.04. The summed E-state index contributed by atoms with van der Waals surface area (Å²) in [5, 5.41) is 0.250. The largest absolute Gasteiger partial charge is 0.327 e. The van der Waals surface area contributed by atoms with E-state index in [-0.39, 0.29) is 11.3 Å². The summed E-state index contributed by atoms with van der Waals surface area (Å²) in [5.41, 5.74) is 7.35. The Morgan fingerprint density at radius 1 is 1.11 bits per heavy atom. The van der Waals surface area contributed by atoms with E-state index >= 15 is 0 Å². The van der Waals surface area contributed by atoms with Crippen LogP contribution in [0.2, 0.25) is 0 Å². The summed E-state index contributed by atoms with van der Waals surface area (Å²) in [6.45, 7) is 2.04. The van der Waals surface area contributed by atoms with Crippen molar-refractivity contribution < 1.29 is 0 Å². The van der Waals surface area contributed by atoms with Gasteiger partial charge in [0.05, 0.1) is 0 Å². The highest BCUT2D eigenvalue weighted by molar-refractivity contribution is 9.10. The normalized spacial score (nSPS) is 14.2. The van der Waals surface area contributed by atoms with Crippen LogP contribution in [-0.2, 0) is 0 Å². The van der Waals surface area contributed by atoms with Crippen molar-refractivity contribution in [3.8, 4) is 0 Å². The molecule has 0 saturated carbocycles. The van der Waals surface area contributed by atoms with Gasteiger partial charge in [-0.05, 0) is 36.8 Å². The van der Waals surface area contributed by atoms with Crippen LogP contribution in [0, 0.1) is 0 Å². The maximum absolute atomic E-state index is 6.11. The van der Waals surface area contributed by atoms with Crippen molar-refractivity contribution in [2.24, 2.45) is 5.73 Å². The fourth-order valence-electron chi connectivity index (χ4n) is 1.69. The van der Waals surface area contributed by atoms with E-state index in [0.717, 1.165) is 4.47 Å². The van der Waals surface area contributed by atoms with E-state index < -0.39 is 0 Å². The Kier molecular flexibility index (Phi) is 4.80. The third-order valence-electron chi connectivity index (χ3n) is 2.59. The number of hydrogen-bond acceptors (Lipinski definition) is 3. The first-order valence-electron chi connectivity index (χ1n) is 5.74. The molecule has 0 aliphatic heterocycles. The molecular formula is C14H15BrN2S. The van der Waals surface area contributed by atoms with Crippen LogP contribution in [-0.4, -0.2) is 11.0 Å². The van der Waals surface area contributed by atoms with Crippen molar-refractivity contribution in [1.29, 1.82) is 0 Å². The third kappa shape index (κ3) is 3.57. The SMILES string of the molecule is CC(N)C(Sc1ccncc1)c1ccc(Br)cc1. The summed E-state index contributed by atoms with van der Waals surface area (Å²) < 4.78 is 1.09. The van der Waals surface area contributed by atoms with Crippen LogP contribution >= 0.6 is 27.7 Å². The molecule has 2 atom stereocenters. The van der Waals surface area contributed by atoms with Gasteiger partial charge in [-0.1, -0.05) is 28.1 Å². The number of halogens is 1. The zero-order valence-electron chi connectivity index (χ0n) is 10.1. The summed E-state index contributed by atoms with van der Waals surface area (Å²) in [7, 11) is 0. The Morgan fingerprint density at radius 3 is 2.28 bits per heavy atom. The van der Waals surface area contributed by atoms with Crippen LogP contribution in [0.25, 0.3) is 0 Å². The van der Waals surface area contributed by atoms with E-state index in [0.29, 0.717) is 0 Å². The number of aromatic nitrogens is 1. The third-order valence-corrected chi connectivity index (χ3v) is 4.62. The summed E-state index contributed by atoms with van der Waals surface area (Å²) >= 11 is 5.23. The minimum Gasteiger partial charge on any atom is -0.327 e. The van der Waals surface area contributed by atoms with Crippen molar-refractivity contribution in [2.45, 2.75) is 23.1 Å². The highest BCUT2D eigenvalue weighted by atomic mass is 79.9. The lowest BCUT2D eigenvalue weighted by atomic mass is 10.1. The monoisotopic (exact) mass is 322 g/mol. The predicted molar refractivity (Wildman–Crippen MR) is 80.6 cm³/mol. The molecule has 1 heterocycles. The quantitative estimate of drug-likeness (QED) is 0.864. The van der Waals surface area contributed by atoms with Gasteiger partial charge in [0.25, 0.3) is 0 Å². The second-order valence-electron chi connectivity index (χ2n) is 4.13. The Labute approximate surface area is 120 Å². The molecule has 0 aliphatic carbocycles. The molecule has 2 unspecified atom stereocenters. The van der Waals surface area contributed by atoms with Gasteiger partial charge in [-0.25, -0.2) is 0 Å². The zero-order chi connectivity index (χ0) is 13.0. The molecule has 0 spiro atoms. The molecule has 1 aromatic heterocycles. The molecular weight excluding hydrogens is 308 g/mol. The van der Waals surface area contributed by atoms with Crippen molar-refractivity contribution in [2.75, 3.05) is 0 Å². The van der Waals surface area contributed by atoms with Crippen LogP contribution in [0.5, 0.6) is 0 Å². The minimum absolute atomic E-state index is 0.0874. The lowest BCUT2D eigenvalue weighted by Crippen LogP contribution is -2.22. The molecule has 0 radical (unpaired) electrons. The van der Waals surface area contributed by atoms with Crippen molar-refractivity contribution in [1.82, 2.24) is 4.98 Å². The molecule has 18 heavy (non-hydrogen) atoms. The molecule has 94 valence electrons. The van der Waals surface area contributed by atoms with Crippen LogP contribution < -0.4 is 5.73 Å². The highest BCUT2D eigenvalue weighted by Crippen LogP contribution is 2.37. The highest BCUT2D eigenvalue weighted by Gasteiger charge is 2.17. The Hall–Kier alpha value is -0.840. The Bertz CT molecular complexity index is 485. The van der Waals surface area contributed by atoms with E-state index in [2.05, 4.69) is 45.2 Å². The van der Waals surface area contributed by atoms with Crippen LogP contribution in [0.4, 0.5) is 0 Å². The van der Waals surface area contributed by atoms with Gasteiger partial charge in [0.1, 0.15) is 0 Å². The molecule has 4 heteroatoms. The molecule has 0 saturated heterocycles. The summed E-state index contributed by atoms with van der Waals surface area (Å²) in [4.78, 5) is 5.22. The number of nitrogens with zero attached hydrogens (tertiary/aromatic N) is 1. The summed E-state index contributed by atoms with van der Waals surface area (Å²) in [6, 6.07) is 12.5. The maximum Gasteiger partial charge on any atom is 0.0492 e. The Morgan fingerprint density at radius 2 is 1.72 bits per heavy atom. The van der Waals surface area contributed by atoms with Crippen LogP contribution in [0.15, 0.2) is 58.2 Å². The van der Waals surface area contributed by atoms with Crippen LogP contribution in [0.1, 0.15) is 17.7 Å². The first-order valence-corrected chi connectivity index (χ1v) is 7.42. The molecule has 0 amide bonds. The Balaban J connectivity index is 2.21. The van der Waals surface area contributed by atoms with E-state index in [1.54, 1.807) is 11.8 Å². The number of rotatable bonds is 4. The number of pyridine rings is 1. The minimum atomic E-state index is 0.0874. The van der Waals surface area contributed by atoms with E-state index in [9.17, 15) is 0 Å². The van der Waals surface area contributed by atoms with Crippen LogP contribution in [0.3, 0.4) is 0 Å². The lowest BCUT2D eigenvalue weighted by Gasteiger charge is -2.20. The van der Waals surface area contributed by atoms with Crippen molar-refractivity contribution >= 4 is 27.7 Å². The number of hydrogen-bond donors (Lipinski definition) is 1. The van der Waals surface area contributed by atoms with Gasteiger partial charge in [-0.2, -0.15) is 0 Å². The average molecular weight is 323 g/mol. The van der Waals surface area contributed by atoms with Crippen molar-refractivity contribution in [3.05, 3.63) is 58.8 Å². The first-order chi connectivity index (χ1) is 8.66. The van der Waals surface area contributed by atoms with Gasteiger partial charge in [0.15, 0.2) is 0 Å². The van der Waals surface area contributed by atoms with Gasteiger partial charge in [-0.15, -0.1) is 11.8 Å². The molecule has 2 N–H and O–H groups in total. The van der Waals surface area contributed by atoms with Gasteiger partial charge in [0, 0.05) is 33.1 Å². The average Bonchev–Trinajstić information content (AvgIpc) is 2.38. The van der Waals surface area contributed by atoms with Gasteiger partial charge in [0.2, 0.25) is 0 Å². The zero-order valence-corrected chi connectivity index (χ0v) is 12.5.